The van der Waals surface area contributed by atoms with Gasteiger partial charge in [0.25, 0.3) is 0 Å². The summed E-state index contributed by atoms with van der Waals surface area (Å²) < 4.78 is 20.6. The Kier molecular flexibility index (Phi) is 5.25. The fourth-order valence-corrected chi connectivity index (χ4v) is 3.67. The summed E-state index contributed by atoms with van der Waals surface area (Å²) >= 11 is 6.95. The minimum absolute atomic E-state index is 0.303. The Labute approximate surface area is 158 Å². The topological polar surface area (TPSA) is 48.3 Å². The number of thiophene rings is 1. The number of carbonyl (C=O) groups is 2. The van der Waals surface area contributed by atoms with Gasteiger partial charge in [0.2, 0.25) is 5.78 Å². The van der Waals surface area contributed by atoms with Crippen LogP contribution in [0.3, 0.4) is 0 Å². The van der Waals surface area contributed by atoms with Crippen LogP contribution in [0, 0.1) is 19.7 Å². The second-order valence-electron chi connectivity index (χ2n) is 5.70. The molecule has 0 N–H and O–H groups in total. The smallest absolute Gasteiger partial charge is 0.340 e. The number of Topliss-reactive ketones (excluding diaryl/α,β-unsaturated/α-hetero) is 1. The Morgan fingerprint density at radius 3 is 2.46 bits per heavy atom. The third-order valence-corrected chi connectivity index (χ3v) is 5.19. The highest BCUT2D eigenvalue weighted by molar-refractivity contribution is 7.18. The van der Waals surface area contributed by atoms with Crippen molar-refractivity contribution in [1.29, 1.82) is 0 Å². The monoisotopic (exact) mass is 391 g/mol. The third kappa shape index (κ3) is 3.71. The van der Waals surface area contributed by atoms with Crippen molar-refractivity contribution in [2.24, 2.45) is 0 Å². The van der Waals surface area contributed by atoms with Crippen LogP contribution in [0.2, 0.25) is 4.34 Å². The number of hydrogen-bond donors (Lipinski definition) is 0. The summed E-state index contributed by atoms with van der Waals surface area (Å²) in [7, 11) is 0. The van der Waals surface area contributed by atoms with E-state index in [1.54, 1.807) is 37.3 Å². The highest BCUT2D eigenvalue weighted by Crippen LogP contribution is 2.23. The van der Waals surface area contributed by atoms with Crippen LogP contribution in [0.25, 0.3) is 5.69 Å². The SMILES string of the molecule is Cc1cc(C(=O)OCC(=O)c2ccc(Cl)s2)c(C)n1-c1ccc(F)cc1. The lowest BCUT2D eigenvalue weighted by Crippen LogP contribution is -2.14. The Morgan fingerprint density at radius 2 is 1.85 bits per heavy atom. The van der Waals surface area contributed by atoms with Gasteiger partial charge < -0.3 is 9.30 Å². The van der Waals surface area contributed by atoms with E-state index < -0.39 is 5.97 Å². The second-order valence-corrected chi connectivity index (χ2v) is 7.41. The van der Waals surface area contributed by atoms with E-state index in [4.69, 9.17) is 16.3 Å². The molecule has 0 bridgehead atoms. The summed E-state index contributed by atoms with van der Waals surface area (Å²) in [6, 6.07) is 10.9. The minimum Gasteiger partial charge on any atom is -0.454 e. The van der Waals surface area contributed by atoms with E-state index in [0.29, 0.717) is 20.5 Å². The molecule has 4 nitrogen and oxygen atoms in total. The summed E-state index contributed by atoms with van der Waals surface area (Å²) in [5.41, 5.74) is 2.57. The van der Waals surface area contributed by atoms with Gasteiger partial charge >= 0.3 is 5.97 Å². The van der Waals surface area contributed by atoms with Gasteiger partial charge in [-0.15, -0.1) is 11.3 Å². The number of aryl methyl sites for hydroxylation is 1. The number of ether oxygens (including phenoxy) is 1. The van der Waals surface area contributed by atoms with Gasteiger partial charge in [-0.25, -0.2) is 9.18 Å². The summed E-state index contributed by atoms with van der Waals surface area (Å²) in [6.45, 7) is 3.26. The molecule has 0 saturated heterocycles. The van der Waals surface area contributed by atoms with Gasteiger partial charge in [0.05, 0.1) is 14.8 Å². The molecule has 2 aromatic heterocycles. The van der Waals surface area contributed by atoms with Crippen molar-refractivity contribution < 1.29 is 18.7 Å². The second kappa shape index (κ2) is 7.43. The first-order chi connectivity index (χ1) is 12.4. The Hall–Kier alpha value is -2.44. The molecule has 1 aromatic carbocycles. The molecule has 0 unspecified atom stereocenters. The fraction of sp³-hybridized carbons (Fsp3) is 0.158. The fourth-order valence-electron chi connectivity index (χ4n) is 2.70. The standard InChI is InChI=1S/C19H15ClFNO3S/c1-11-9-15(12(2)22(11)14-5-3-13(21)4-6-14)19(24)25-10-16(23)17-7-8-18(20)26-17/h3-9H,10H2,1-2H3. The minimum atomic E-state index is -0.581. The summed E-state index contributed by atoms with van der Waals surface area (Å²) in [4.78, 5) is 24.9. The van der Waals surface area contributed by atoms with Crippen LogP contribution >= 0.6 is 22.9 Å². The van der Waals surface area contributed by atoms with Gasteiger partial charge in [0, 0.05) is 17.1 Å². The molecule has 7 heteroatoms. The quantitative estimate of drug-likeness (QED) is 0.455. The van der Waals surface area contributed by atoms with E-state index in [1.807, 2.05) is 11.5 Å². The molecule has 26 heavy (non-hydrogen) atoms. The highest BCUT2D eigenvalue weighted by Gasteiger charge is 2.19. The first kappa shape index (κ1) is 18.4. The first-order valence-corrected chi connectivity index (χ1v) is 8.97. The zero-order valence-electron chi connectivity index (χ0n) is 14.1. The average molecular weight is 392 g/mol. The van der Waals surface area contributed by atoms with Gasteiger partial charge in [0.15, 0.2) is 6.61 Å². The van der Waals surface area contributed by atoms with Crippen molar-refractivity contribution in [3.05, 3.63) is 74.4 Å². The van der Waals surface area contributed by atoms with Gasteiger partial charge in [-0.1, -0.05) is 11.6 Å². The van der Waals surface area contributed by atoms with Crippen molar-refractivity contribution in [2.75, 3.05) is 6.61 Å². The molecule has 0 aliphatic heterocycles. The van der Waals surface area contributed by atoms with Crippen LogP contribution in [0.5, 0.6) is 0 Å². The molecule has 0 amide bonds. The van der Waals surface area contributed by atoms with Crippen LogP contribution < -0.4 is 0 Å². The molecule has 0 spiro atoms. The molecule has 134 valence electrons. The Morgan fingerprint density at radius 1 is 1.15 bits per heavy atom. The first-order valence-electron chi connectivity index (χ1n) is 7.77. The number of carbonyl (C=O) groups excluding carboxylic acids is 2. The van der Waals surface area contributed by atoms with Crippen LogP contribution in [0.15, 0.2) is 42.5 Å². The molecule has 2 heterocycles. The molecule has 0 atom stereocenters. The zero-order chi connectivity index (χ0) is 18.8. The van der Waals surface area contributed by atoms with Gasteiger partial charge in [-0.3, -0.25) is 4.79 Å². The normalized spacial score (nSPS) is 10.8. The maximum absolute atomic E-state index is 13.1. The van der Waals surface area contributed by atoms with Crippen LogP contribution in [-0.2, 0) is 4.74 Å². The van der Waals surface area contributed by atoms with Crippen LogP contribution in [-0.4, -0.2) is 22.9 Å². The number of aromatic nitrogens is 1. The lowest BCUT2D eigenvalue weighted by molar-refractivity contribution is 0.0475. The molecule has 0 saturated carbocycles. The van der Waals surface area contributed by atoms with E-state index >= 15 is 0 Å². The largest absolute Gasteiger partial charge is 0.454 e. The van der Waals surface area contributed by atoms with E-state index in [9.17, 15) is 14.0 Å². The maximum Gasteiger partial charge on any atom is 0.340 e. The molecule has 3 rings (SSSR count). The number of ketones is 1. The van der Waals surface area contributed by atoms with Crippen molar-refractivity contribution in [1.82, 2.24) is 4.57 Å². The number of hydrogen-bond acceptors (Lipinski definition) is 4. The molecular formula is C19H15ClFNO3S. The van der Waals surface area contributed by atoms with Crippen molar-refractivity contribution >= 4 is 34.7 Å². The van der Waals surface area contributed by atoms with Crippen molar-refractivity contribution in [3.8, 4) is 5.69 Å². The number of halogens is 2. The van der Waals surface area contributed by atoms with Gasteiger partial charge in [-0.2, -0.15) is 0 Å². The molecule has 0 fully saturated rings. The maximum atomic E-state index is 13.1. The molecule has 0 aliphatic rings. The predicted molar refractivity (Wildman–Crippen MR) is 99.1 cm³/mol. The average Bonchev–Trinajstić information content (AvgIpc) is 3.17. The van der Waals surface area contributed by atoms with Crippen molar-refractivity contribution in [3.63, 3.8) is 0 Å². The van der Waals surface area contributed by atoms with Crippen LogP contribution in [0.4, 0.5) is 4.39 Å². The van der Waals surface area contributed by atoms with E-state index in [0.717, 1.165) is 22.7 Å². The Balaban J connectivity index is 1.77. The van der Waals surface area contributed by atoms with Crippen LogP contribution in [0.1, 0.15) is 31.4 Å². The molecule has 0 aliphatic carbocycles. The van der Waals surface area contributed by atoms with Gasteiger partial charge in [-0.05, 0) is 56.3 Å². The lowest BCUT2D eigenvalue weighted by atomic mass is 10.2. The summed E-state index contributed by atoms with van der Waals surface area (Å²) in [5, 5.41) is 0. The summed E-state index contributed by atoms with van der Waals surface area (Å²) in [5.74, 6) is -1.21. The zero-order valence-corrected chi connectivity index (χ0v) is 15.7. The number of benzene rings is 1. The van der Waals surface area contributed by atoms with Gasteiger partial charge in [0.1, 0.15) is 5.82 Å². The number of rotatable bonds is 5. The van der Waals surface area contributed by atoms with E-state index in [2.05, 4.69) is 0 Å². The van der Waals surface area contributed by atoms with E-state index in [1.165, 1.54) is 12.1 Å². The van der Waals surface area contributed by atoms with Crippen molar-refractivity contribution in [2.45, 2.75) is 13.8 Å². The lowest BCUT2D eigenvalue weighted by Gasteiger charge is -2.10. The number of esters is 1. The molecular weight excluding hydrogens is 377 g/mol. The molecule has 0 radical (unpaired) electrons. The number of nitrogens with zero attached hydrogens (tertiary/aromatic N) is 1. The summed E-state index contributed by atoms with van der Waals surface area (Å²) in [6.07, 6.45) is 0. The predicted octanol–water partition coefficient (Wildman–Crippen LogP) is 4.99. The third-order valence-electron chi connectivity index (χ3n) is 3.92. The highest BCUT2D eigenvalue weighted by atomic mass is 35.5. The Bertz CT molecular complexity index is 975. The molecule has 3 aromatic rings. The van der Waals surface area contributed by atoms with E-state index in [-0.39, 0.29) is 18.2 Å².